The summed E-state index contributed by atoms with van der Waals surface area (Å²) in [6.07, 6.45) is -4.01. The quantitative estimate of drug-likeness (QED) is 0.781. The summed E-state index contributed by atoms with van der Waals surface area (Å²) in [4.78, 5) is 11.8. The number of rotatable bonds is 2. The van der Waals surface area contributed by atoms with Crippen LogP contribution in [0.1, 0.15) is 11.1 Å². The summed E-state index contributed by atoms with van der Waals surface area (Å²) in [7, 11) is 0. The van der Waals surface area contributed by atoms with E-state index >= 15 is 0 Å². The molecule has 1 aromatic carbocycles. The number of halogens is 4. The van der Waals surface area contributed by atoms with Gasteiger partial charge in [0.2, 0.25) is 0 Å². The first-order chi connectivity index (χ1) is 8.41. The van der Waals surface area contributed by atoms with Gasteiger partial charge in [0.15, 0.2) is 6.04 Å². The van der Waals surface area contributed by atoms with E-state index in [-0.39, 0.29) is 19.4 Å². The molecule has 0 saturated heterocycles. The molecule has 0 spiro atoms. The van der Waals surface area contributed by atoms with Crippen LogP contribution in [0.4, 0.5) is 13.2 Å². The van der Waals surface area contributed by atoms with E-state index in [0.717, 1.165) is 15.6 Å². The van der Waals surface area contributed by atoms with Crippen molar-refractivity contribution < 1.29 is 18.0 Å². The second kappa shape index (κ2) is 5.01. The van der Waals surface area contributed by atoms with Crippen LogP contribution in [0.15, 0.2) is 22.7 Å². The first-order valence-corrected chi connectivity index (χ1v) is 6.24. The molecule has 1 aliphatic rings. The Morgan fingerprint density at radius 3 is 2.67 bits per heavy atom. The zero-order valence-corrected chi connectivity index (χ0v) is 11.0. The Morgan fingerprint density at radius 1 is 1.33 bits per heavy atom. The number of hydrogen-bond acceptors (Lipinski definition) is 2. The normalized spacial score (nSPS) is 18.2. The third-order valence-electron chi connectivity index (χ3n) is 3.07. The predicted molar refractivity (Wildman–Crippen MR) is 64.2 cm³/mol. The molecule has 0 fully saturated rings. The number of alkyl halides is 3. The van der Waals surface area contributed by atoms with E-state index in [1.54, 1.807) is 12.1 Å². The maximum absolute atomic E-state index is 12.7. The molecule has 2 rings (SSSR count). The molecular formula is C12H11BrF3NO. The number of benzene rings is 1. The van der Waals surface area contributed by atoms with Crippen LogP contribution in [0.5, 0.6) is 0 Å². The molecule has 0 bridgehead atoms. The van der Waals surface area contributed by atoms with Crippen molar-refractivity contribution in [1.82, 2.24) is 4.90 Å². The molecule has 0 aliphatic carbocycles. The van der Waals surface area contributed by atoms with Crippen molar-refractivity contribution in [3.8, 4) is 0 Å². The van der Waals surface area contributed by atoms with Crippen LogP contribution in [0.2, 0.25) is 0 Å². The fourth-order valence-corrected chi connectivity index (χ4v) is 2.56. The highest BCUT2D eigenvalue weighted by Gasteiger charge is 2.44. The molecule has 6 heteroatoms. The number of nitrogens with zero attached hydrogens (tertiary/aromatic N) is 1. The van der Waals surface area contributed by atoms with E-state index in [2.05, 4.69) is 15.9 Å². The lowest BCUT2D eigenvalue weighted by Crippen LogP contribution is -2.48. The van der Waals surface area contributed by atoms with Crippen LogP contribution in [0, 0.1) is 0 Å². The van der Waals surface area contributed by atoms with Gasteiger partial charge in [-0.2, -0.15) is 13.2 Å². The molecule has 18 heavy (non-hydrogen) atoms. The summed E-state index contributed by atoms with van der Waals surface area (Å²) < 4.78 is 38.9. The highest BCUT2D eigenvalue weighted by Crippen LogP contribution is 2.29. The fourth-order valence-electron chi connectivity index (χ4n) is 2.15. The largest absolute Gasteiger partial charge is 0.410 e. The first-order valence-electron chi connectivity index (χ1n) is 5.45. The SMILES string of the molecule is O=CC(N1CCc2cc(Br)ccc2C1)C(F)(F)F. The molecular weight excluding hydrogens is 311 g/mol. The predicted octanol–water partition coefficient (Wildman–Crippen LogP) is 2.94. The van der Waals surface area contributed by atoms with Crippen molar-refractivity contribution in [2.24, 2.45) is 0 Å². The molecule has 0 N–H and O–H groups in total. The van der Waals surface area contributed by atoms with Crippen LogP contribution in [0.25, 0.3) is 0 Å². The van der Waals surface area contributed by atoms with E-state index in [0.29, 0.717) is 6.42 Å². The average molecular weight is 322 g/mol. The number of carbonyl (C=O) groups is 1. The Balaban J connectivity index is 2.21. The van der Waals surface area contributed by atoms with Gasteiger partial charge in [0.1, 0.15) is 6.29 Å². The van der Waals surface area contributed by atoms with Crippen molar-refractivity contribution in [3.05, 3.63) is 33.8 Å². The minimum Gasteiger partial charge on any atom is -0.301 e. The third-order valence-corrected chi connectivity index (χ3v) is 3.56. The van der Waals surface area contributed by atoms with Gasteiger partial charge in [-0.3, -0.25) is 4.90 Å². The summed E-state index contributed by atoms with van der Waals surface area (Å²) in [6, 6.07) is 3.50. The Morgan fingerprint density at radius 2 is 2.06 bits per heavy atom. The van der Waals surface area contributed by atoms with Gasteiger partial charge in [0, 0.05) is 17.6 Å². The van der Waals surface area contributed by atoms with Gasteiger partial charge < -0.3 is 4.79 Å². The van der Waals surface area contributed by atoms with Gasteiger partial charge in [-0.25, -0.2) is 0 Å². The van der Waals surface area contributed by atoms with Crippen LogP contribution in [-0.2, 0) is 17.8 Å². The van der Waals surface area contributed by atoms with Crippen LogP contribution in [-0.4, -0.2) is 29.9 Å². The van der Waals surface area contributed by atoms with Crippen LogP contribution >= 0.6 is 15.9 Å². The molecule has 98 valence electrons. The van der Waals surface area contributed by atoms with Gasteiger partial charge in [-0.15, -0.1) is 0 Å². The van der Waals surface area contributed by atoms with Gasteiger partial charge in [-0.05, 0) is 29.7 Å². The van der Waals surface area contributed by atoms with Crippen molar-refractivity contribution in [2.75, 3.05) is 6.54 Å². The summed E-state index contributed by atoms with van der Waals surface area (Å²) in [5.41, 5.74) is 1.88. The Labute approximate surface area is 111 Å². The molecule has 2 nitrogen and oxygen atoms in total. The second-order valence-electron chi connectivity index (χ2n) is 4.26. The van der Waals surface area contributed by atoms with Crippen molar-refractivity contribution >= 4 is 22.2 Å². The molecule has 0 amide bonds. The lowest BCUT2D eigenvalue weighted by molar-refractivity contribution is -0.183. The monoisotopic (exact) mass is 321 g/mol. The molecule has 1 aliphatic heterocycles. The second-order valence-corrected chi connectivity index (χ2v) is 5.17. The van der Waals surface area contributed by atoms with Gasteiger partial charge in [0.05, 0.1) is 0 Å². The number of fused-ring (bicyclic) bond motifs is 1. The number of carbonyl (C=O) groups excluding carboxylic acids is 1. The van der Waals surface area contributed by atoms with Crippen LogP contribution < -0.4 is 0 Å². The summed E-state index contributed by atoms with van der Waals surface area (Å²) in [6.45, 7) is 0.401. The van der Waals surface area contributed by atoms with Gasteiger partial charge >= 0.3 is 6.18 Å². The molecule has 0 aromatic heterocycles. The highest BCUT2D eigenvalue weighted by molar-refractivity contribution is 9.10. The van der Waals surface area contributed by atoms with Crippen LogP contribution in [0.3, 0.4) is 0 Å². The number of aldehydes is 1. The van der Waals surface area contributed by atoms with E-state index in [4.69, 9.17) is 0 Å². The summed E-state index contributed by atoms with van der Waals surface area (Å²) >= 11 is 3.33. The smallest absolute Gasteiger partial charge is 0.301 e. The Bertz CT molecular complexity index is 461. The molecule has 1 unspecified atom stereocenters. The fraction of sp³-hybridized carbons (Fsp3) is 0.417. The molecule has 0 saturated carbocycles. The number of hydrogen-bond donors (Lipinski definition) is 0. The van der Waals surface area contributed by atoms with Crippen molar-refractivity contribution in [2.45, 2.75) is 25.2 Å². The molecule has 0 radical (unpaired) electrons. The lowest BCUT2D eigenvalue weighted by atomic mass is 9.98. The Hall–Kier alpha value is -0.880. The molecule has 1 heterocycles. The van der Waals surface area contributed by atoms with E-state index in [1.165, 1.54) is 4.90 Å². The standard InChI is InChI=1S/C12H11BrF3NO/c13-10-2-1-9-6-17(4-3-8(9)5-10)11(7-18)12(14,15)16/h1-2,5,7,11H,3-4,6H2. The Kier molecular flexibility index (Phi) is 3.77. The van der Waals surface area contributed by atoms with Crippen molar-refractivity contribution in [3.63, 3.8) is 0 Å². The molecule has 1 aromatic rings. The lowest BCUT2D eigenvalue weighted by Gasteiger charge is -2.33. The maximum atomic E-state index is 12.7. The highest BCUT2D eigenvalue weighted by atomic mass is 79.9. The van der Waals surface area contributed by atoms with Gasteiger partial charge in [0.25, 0.3) is 0 Å². The topological polar surface area (TPSA) is 20.3 Å². The van der Waals surface area contributed by atoms with E-state index in [1.807, 2.05) is 6.07 Å². The summed E-state index contributed by atoms with van der Waals surface area (Å²) in [5.74, 6) is 0. The molecule has 1 atom stereocenters. The van der Waals surface area contributed by atoms with E-state index in [9.17, 15) is 18.0 Å². The van der Waals surface area contributed by atoms with E-state index < -0.39 is 12.2 Å². The van der Waals surface area contributed by atoms with Crippen molar-refractivity contribution in [1.29, 1.82) is 0 Å². The first kappa shape index (κ1) is 13.5. The minimum absolute atomic E-state index is 0.0240. The third kappa shape index (κ3) is 2.75. The minimum atomic E-state index is -4.51. The average Bonchev–Trinajstić information content (AvgIpc) is 2.28. The zero-order chi connectivity index (χ0) is 13.3. The maximum Gasteiger partial charge on any atom is 0.410 e. The summed E-state index contributed by atoms with van der Waals surface area (Å²) in [5, 5.41) is 0. The van der Waals surface area contributed by atoms with Gasteiger partial charge in [-0.1, -0.05) is 22.0 Å². The zero-order valence-electron chi connectivity index (χ0n) is 9.38.